The van der Waals surface area contributed by atoms with Crippen LogP contribution >= 0.6 is 0 Å². The van der Waals surface area contributed by atoms with Crippen LogP contribution < -0.4 is 21.3 Å². The monoisotopic (exact) mass is 356 g/mol. The highest BCUT2D eigenvalue weighted by Gasteiger charge is 2.31. The number of nitrogens with zero attached hydrogens (tertiary/aromatic N) is 2. The fraction of sp³-hybridized carbons (Fsp3) is 0.333. The van der Waals surface area contributed by atoms with E-state index in [4.69, 9.17) is 4.74 Å². The van der Waals surface area contributed by atoms with Gasteiger partial charge in [-0.15, -0.1) is 0 Å². The van der Waals surface area contributed by atoms with Crippen LogP contribution in [0.3, 0.4) is 0 Å². The highest BCUT2D eigenvalue weighted by molar-refractivity contribution is 5.86. The van der Waals surface area contributed by atoms with Crippen LogP contribution in [0.15, 0.2) is 27.8 Å². The molecule has 0 radical (unpaired) electrons. The van der Waals surface area contributed by atoms with E-state index in [9.17, 15) is 14.7 Å². The molecule has 1 atom stereocenters. The molecule has 0 saturated heterocycles. The molecule has 0 spiro atoms. The van der Waals surface area contributed by atoms with E-state index >= 15 is 0 Å². The number of benzene rings is 1. The number of hydrogen-bond acceptors (Lipinski definition) is 5. The van der Waals surface area contributed by atoms with Crippen LogP contribution in [0.5, 0.6) is 11.6 Å². The largest absolute Gasteiger partial charge is 0.497 e. The molecule has 3 aromatic rings. The van der Waals surface area contributed by atoms with Gasteiger partial charge in [0.25, 0.3) is 5.56 Å². The number of hydrogen-bond donors (Lipinski definition) is 3. The zero-order valence-corrected chi connectivity index (χ0v) is 14.8. The van der Waals surface area contributed by atoms with Crippen molar-refractivity contribution in [3.05, 3.63) is 55.9 Å². The van der Waals surface area contributed by atoms with Crippen molar-refractivity contribution in [1.82, 2.24) is 19.4 Å². The highest BCUT2D eigenvalue weighted by atomic mass is 16.5. The molecular weight excluding hydrogens is 336 g/mol. The van der Waals surface area contributed by atoms with Gasteiger partial charge in [-0.05, 0) is 30.2 Å². The molecule has 4 rings (SSSR count). The van der Waals surface area contributed by atoms with Gasteiger partial charge in [0.2, 0.25) is 5.88 Å². The van der Waals surface area contributed by atoms with Gasteiger partial charge in [0.05, 0.1) is 13.2 Å². The first-order valence-corrected chi connectivity index (χ1v) is 8.34. The first-order chi connectivity index (χ1) is 12.4. The molecule has 3 heterocycles. The minimum absolute atomic E-state index is 0.161. The quantitative estimate of drug-likeness (QED) is 0.621. The second-order valence-electron chi connectivity index (χ2n) is 6.51. The Morgan fingerprint density at radius 2 is 2.00 bits per heavy atom. The van der Waals surface area contributed by atoms with Crippen molar-refractivity contribution in [2.24, 2.45) is 14.1 Å². The van der Waals surface area contributed by atoms with Crippen molar-refractivity contribution < 1.29 is 9.84 Å². The lowest BCUT2D eigenvalue weighted by Gasteiger charge is -2.25. The summed E-state index contributed by atoms with van der Waals surface area (Å²) in [6, 6.07) is 5.24. The Balaban J connectivity index is 1.98. The molecule has 3 N–H and O–H groups in total. The van der Waals surface area contributed by atoms with Gasteiger partial charge in [0, 0.05) is 37.2 Å². The van der Waals surface area contributed by atoms with Crippen molar-refractivity contribution >= 4 is 10.9 Å². The Labute approximate surface area is 148 Å². The number of rotatable bonds is 2. The zero-order valence-electron chi connectivity index (χ0n) is 14.8. The summed E-state index contributed by atoms with van der Waals surface area (Å²) in [5, 5.41) is 14.8. The van der Waals surface area contributed by atoms with E-state index in [2.05, 4.69) is 10.3 Å². The molecule has 0 fully saturated rings. The number of nitrogens with one attached hydrogen (secondary N) is 2. The number of aromatic nitrogens is 3. The van der Waals surface area contributed by atoms with Gasteiger partial charge < -0.3 is 20.1 Å². The zero-order chi connectivity index (χ0) is 18.6. The topological polar surface area (TPSA) is 101 Å². The minimum Gasteiger partial charge on any atom is -0.497 e. The van der Waals surface area contributed by atoms with Crippen molar-refractivity contribution in [1.29, 1.82) is 0 Å². The third-order valence-corrected chi connectivity index (χ3v) is 5.11. The number of fused-ring (bicyclic) bond motifs is 3. The molecule has 136 valence electrons. The van der Waals surface area contributed by atoms with Crippen LogP contribution in [0.2, 0.25) is 0 Å². The lowest BCUT2D eigenvalue weighted by molar-refractivity contribution is 0.390. The number of ether oxygens (including phenoxy) is 1. The molecule has 1 aliphatic heterocycles. The summed E-state index contributed by atoms with van der Waals surface area (Å²) in [5.74, 6) is 0.440. The summed E-state index contributed by atoms with van der Waals surface area (Å²) in [7, 11) is 4.48. The van der Waals surface area contributed by atoms with E-state index in [0.29, 0.717) is 6.54 Å². The van der Waals surface area contributed by atoms with Crippen LogP contribution in [-0.4, -0.2) is 32.9 Å². The summed E-state index contributed by atoms with van der Waals surface area (Å²) in [6.07, 6.45) is 0.784. The molecule has 2 aromatic heterocycles. The van der Waals surface area contributed by atoms with Gasteiger partial charge in [0.1, 0.15) is 11.3 Å². The first-order valence-electron chi connectivity index (χ1n) is 8.34. The van der Waals surface area contributed by atoms with E-state index in [1.165, 1.54) is 14.1 Å². The van der Waals surface area contributed by atoms with Crippen molar-refractivity contribution in [3.8, 4) is 11.6 Å². The smallest absolute Gasteiger partial charge is 0.333 e. The highest BCUT2D eigenvalue weighted by Crippen LogP contribution is 2.35. The van der Waals surface area contributed by atoms with E-state index in [-0.39, 0.29) is 11.4 Å². The predicted octanol–water partition coefficient (Wildman–Crippen LogP) is 0.515. The van der Waals surface area contributed by atoms with Gasteiger partial charge in [-0.2, -0.15) is 0 Å². The predicted molar refractivity (Wildman–Crippen MR) is 97.0 cm³/mol. The number of methoxy groups -OCH3 is 1. The Morgan fingerprint density at radius 1 is 1.23 bits per heavy atom. The normalized spacial score (nSPS) is 16.7. The Morgan fingerprint density at radius 3 is 2.73 bits per heavy atom. The summed E-state index contributed by atoms with van der Waals surface area (Å²) >= 11 is 0. The Bertz CT molecular complexity index is 1140. The van der Waals surface area contributed by atoms with Crippen LogP contribution in [0.4, 0.5) is 0 Å². The molecular formula is C18H20N4O4. The lowest BCUT2D eigenvalue weighted by Crippen LogP contribution is -2.42. The van der Waals surface area contributed by atoms with Crippen molar-refractivity contribution in [3.63, 3.8) is 0 Å². The van der Waals surface area contributed by atoms with Gasteiger partial charge in [-0.3, -0.25) is 13.9 Å². The second kappa shape index (κ2) is 5.77. The van der Waals surface area contributed by atoms with Crippen LogP contribution in [0, 0.1) is 0 Å². The third kappa shape index (κ3) is 2.19. The average Bonchev–Trinajstić information content (AvgIpc) is 3.03. The third-order valence-electron chi connectivity index (χ3n) is 5.11. The molecule has 0 bridgehead atoms. The maximum absolute atomic E-state index is 12.7. The van der Waals surface area contributed by atoms with Crippen LogP contribution in [-0.2, 0) is 20.5 Å². The van der Waals surface area contributed by atoms with Crippen molar-refractivity contribution in [2.45, 2.75) is 12.5 Å². The molecule has 8 nitrogen and oxygen atoms in total. The molecule has 0 amide bonds. The summed E-state index contributed by atoms with van der Waals surface area (Å²) in [6.45, 7) is 0.646. The number of aromatic hydroxyl groups is 1. The van der Waals surface area contributed by atoms with Crippen LogP contribution in [0.1, 0.15) is 22.9 Å². The van der Waals surface area contributed by atoms with E-state index in [0.717, 1.165) is 43.5 Å². The maximum Gasteiger partial charge on any atom is 0.333 e. The van der Waals surface area contributed by atoms with Crippen molar-refractivity contribution in [2.75, 3.05) is 13.7 Å². The molecule has 1 aliphatic rings. The molecule has 8 heteroatoms. The SMILES string of the molecule is COc1ccc2[nH]c3c(c2c1)CCN[C@H]3c1c(O)n(C)c(=O)n(C)c1=O. The Kier molecular flexibility index (Phi) is 3.66. The maximum atomic E-state index is 12.7. The first kappa shape index (κ1) is 16.5. The van der Waals surface area contributed by atoms with Gasteiger partial charge in [-0.25, -0.2) is 4.79 Å². The van der Waals surface area contributed by atoms with Gasteiger partial charge in [0.15, 0.2) is 0 Å². The average molecular weight is 356 g/mol. The molecule has 26 heavy (non-hydrogen) atoms. The minimum atomic E-state index is -0.561. The standard InChI is InChI=1S/C18H20N4O4/c1-21-16(23)13(17(24)22(2)18(21)25)15-14-10(6-7-19-15)11-8-9(26-3)4-5-12(11)20-14/h4-5,8,15,19-20,23H,6-7H2,1-3H3/t15-/m0/s1. The lowest BCUT2D eigenvalue weighted by atomic mass is 9.95. The summed E-state index contributed by atoms with van der Waals surface area (Å²) < 4.78 is 7.41. The van der Waals surface area contributed by atoms with E-state index in [1.807, 2.05) is 18.2 Å². The summed E-state index contributed by atoms with van der Waals surface area (Å²) in [5.41, 5.74) is 1.93. The van der Waals surface area contributed by atoms with Gasteiger partial charge >= 0.3 is 5.69 Å². The van der Waals surface area contributed by atoms with Crippen LogP contribution in [0.25, 0.3) is 10.9 Å². The Hall–Kier alpha value is -3.00. The fourth-order valence-corrected chi connectivity index (χ4v) is 3.69. The van der Waals surface area contributed by atoms with E-state index in [1.54, 1.807) is 7.11 Å². The van der Waals surface area contributed by atoms with E-state index < -0.39 is 17.3 Å². The van der Waals surface area contributed by atoms with Gasteiger partial charge in [-0.1, -0.05) is 0 Å². The number of aromatic amines is 1. The summed E-state index contributed by atoms with van der Waals surface area (Å²) in [4.78, 5) is 28.1. The molecule has 0 aliphatic carbocycles. The molecule has 0 unspecified atom stereocenters. The number of H-pyrrole nitrogens is 1. The molecule has 1 aromatic carbocycles. The molecule has 0 saturated carbocycles. The second-order valence-corrected chi connectivity index (χ2v) is 6.51. The fourth-order valence-electron chi connectivity index (χ4n) is 3.69.